The maximum Gasteiger partial charge on any atom is 0.402 e. The van der Waals surface area contributed by atoms with Crippen LogP contribution in [0.2, 0.25) is 0 Å². The van der Waals surface area contributed by atoms with Crippen molar-refractivity contribution in [2.24, 2.45) is 0 Å². The van der Waals surface area contributed by atoms with Crippen LogP contribution in [0.15, 0.2) is 12.7 Å². The Bertz CT molecular complexity index is 499. The summed E-state index contributed by atoms with van der Waals surface area (Å²) < 4.78 is 86.5. The number of hydrogen-bond acceptors (Lipinski definition) is 6. The van der Waals surface area contributed by atoms with Crippen LogP contribution in [0.25, 0.3) is 0 Å². The summed E-state index contributed by atoms with van der Waals surface area (Å²) >= 11 is 0. The molecule has 0 aromatic rings. The highest BCUT2D eigenvalue weighted by Crippen LogP contribution is 2.23. The van der Waals surface area contributed by atoms with Gasteiger partial charge in [-0.15, -0.1) is 0 Å². The van der Waals surface area contributed by atoms with Gasteiger partial charge in [-0.25, -0.2) is 9.59 Å². The molecule has 0 fully saturated rings. The molecule has 0 saturated heterocycles. The molecular formula is C8H8F4O7S. The fraction of sp³-hybridized carbons (Fsp3) is 0.500. The van der Waals surface area contributed by atoms with Gasteiger partial charge >= 0.3 is 33.2 Å². The second-order valence-electron chi connectivity index (χ2n) is 3.20. The number of hydrogen-bond donors (Lipinski definition) is 1. The van der Waals surface area contributed by atoms with Gasteiger partial charge in [0, 0.05) is 6.08 Å². The van der Waals surface area contributed by atoms with Crippen molar-refractivity contribution in [1.29, 1.82) is 0 Å². The first kappa shape index (κ1) is 18.3. The summed E-state index contributed by atoms with van der Waals surface area (Å²) in [5.74, 6) is -8.34. The second kappa shape index (κ2) is 6.17. The van der Waals surface area contributed by atoms with Crippen molar-refractivity contribution < 1.29 is 49.6 Å². The van der Waals surface area contributed by atoms with Crippen LogP contribution in [-0.2, 0) is 29.2 Å². The predicted octanol–water partition coefficient (Wildman–Crippen LogP) is 0.375. The molecule has 0 rings (SSSR count). The summed E-state index contributed by atoms with van der Waals surface area (Å²) in [6.45, 7) is -1.26. The highest BCUT2D eigenvalue weighted by molar-refractivity contribution is 7.86. The Morgan fingerprint density at radius 2 is 1.65 bits per heavy atom. The lowest BCUT2D eigenvalue weighted by atomic mass is 10.3. The number of carbonyl (C=O) groups excluding carboxylic acids is 2. The number of rotatable bonds is 7. The molecule has 0 aliphatic rings. The molecule has 0 unspecified atom stereocenters. The number of ether oxygens (including phenoxy) is 2. The Hall–Kier alpha value is -1.69. The highest BCUT2D eigenvalue weighted by Gasteiger charge is 2.49. The summed E-state index contributed by atoms with van der Waals surface area (Å²) in [5, 5.41) is -4.95. The van der Waals surface area contributed by atoms with Gasteiger partial charge in [0.25, 0.3) is 0 Å². The van der Waals surface area contributed by atoms with Crippen molar-refractivity contribution in [3.05, 3.63) is 12.7 Å². The molecule has 0 aliphatic carbocycles. The normalized spacial score (nSPS) is 12.7. The minimum absolute atomic E-state index is 0.508. The van der Waals surface area contributed by atoms with Crippen LogP contribution >= 0.6 is 0 Å². The van der Waals surface area contributed by atoms with Gasteiger partial charge in [-0.2, -0.15) is 26.0 Å². The molecule has 0 aromatic heterocycles. The van der Waals surface area contributed by atoms with Gasteiger partial charge in [-0.3, -0.25) is 4.55 Å². The molecule has 116 valence electrons. The first-order valence-corrected chi connectivity index (χ1v) is 5.96. The van der Waals surface area contributed by atoms with Crippen molar-refractivity contribution in [2.45, 2.75) is 11.2 Å². The third kappa shape index (κ3) is 5.13. The minimum Gasteiger partial charge on any atom is -0.455 e. The molecule has 0 bridgehead atoms. The number of halogens is 4. The van der Waals surface area contributed by atoms with Gasteiger partial charge in [0.05, 0.1) is 0 Å². The van der Waals surface area contributed by atoms with Crippen LogP contribution < -0.4 is 0 Å². The first-order valence-electron chi connectivity index (χ1n) is 4.52. The SMILES string of the molecule is C=CC(=O)OCC(F)(F)C(=O)OCC(F)(F)S(=O)(=O)O. The zero-order valence-corrected chi connectivity index (χ0v) is 10.3. The van der Waals surface area contributed by atoms with Crippen LogP contribution in [0, 0.1) is 0 Å². The maximum absolute atomic E-state index is 12.9. The Labute approximate surface area is 109 Å². The van der Waals surface area contributed by atoms with Crippen molar-refractivity contribution in [1.82, 2.24) is 0 Å². The molecule has 0 aromatic carbocycles. The van der Waals surface area contributed by atoms with E-state index < -0.39 is 46.4 Å². The van der Waals surface area contributed by atoms with Crippen molar-refractivity contribution in [3.63, 3.8) is 0 Å². The predicted molar refractivity (Wildman–Crippen MR) is 53.6 cm³/mol. The average molecular weight is 324 g/mol. The van der Waals surface area contributed by atoms with E-state index in [1.54, 1.807) is 0 Å². The lowest BCUT2D eigenvalue weighted by molar-refractivity contribution is -0.186. The van der Waals surface area contributed by atoms with Crippen LogP contribution in [0.1, 0.15) is 0 Å². The van der Waals surface area contributed by atoms with E-state index in [4.69, 9.17) is 4.55 Å². The standard InChI is InChI=1S/C8H8F4O7S/c1-2-5(13)18-3-7(9,10)6(14)19-4-8(11,12)20(15,16)17/h2H,1,3-4H2,(H,15,16,17). The molecule has 0 aliphatic heterocycles. The van der Waals surface area contributed by atoms with E-state index in [-0.39, 0.29) is 0 Å². The Morgan fingerprint density at radius 3 is 2.05 bits per heavy atom. The van der Waals surface area contributed by atoms with Crippen LogP contribution in [0.4, 0.5) is 17.6 Å². The van der Waals surface area contributed by atoms with Crippen molar-refractivity contribution >= 4 is 22.1 Å². The maximum atomic E-state index is 12.9. The molecule has 0 heterocycles. The van der Waals surface area contributed by atoms with Crippen molar-refractivity contribution in [2.75, 3.05) is 13.2 Å². The summed E-state index contributed by atoms with van der Waals surface area (Å²) in [6, 6.07) is 0. The van der Waals surface area contributed by atoms with Crippen LogP contribution in [-0.4, -0.2) is 49.3 Å². The molecule has 7 nitrogen and oxygen atoms in total. The number of carbonyl (C=O) groups is 2. The van der Waals surface area contributed by atoms with Gasteiger partial charge in [0.2, 0.25) is 0 Å². The van der Waals surface area contributed by atoms with E-state index in [1.165, 1.54) is 0 Å². The molecule has 20 heavy (non-hydrogen) atoms. The first-order chi connectivity index (χ1) is 8.83. The molecule has 0 amide bonds. The van der Waals surface area contributed by atoms with Gasteiger partial charge in [-0.1, -0.05) is 6.58 Å². The quantitative estimate of drug-likeness (QED) is 0.312. The second-order valence-corrected chi connectivity index (χ2v) is 4.75. The lowest BCUT2D eigenvalue weighted by Crippen LogP contribution is -2.41. The molecule has 0 atom stereocenters. The van der Waals surface area contributed by atoms with E-state index >= 15 is 0 Å². The minimum atomic E-state index is -5.93. The fourth-order valence-electron chi connectivity index (χ4n) is 0.609. The third-order valence-corrected chi connectivity index (χ3v) is 2.48. The molecule has 0 spiro atoms. The van der Waals surface area contributed by atoms with Gasteiger partial charge in [-0.05, 0) is 0 Å². The summed E-state index contributed by atoms with van der Waals surface area (Å²) in [4.78, 5) is 21.2. The van der Waals surface area contributed by atoms with Crippen molar-refractivity contribution in [3.8, 4) is 0 Å². The largest absolute Gasteiger partial charge is 0.455 e. The number of esters is 2. The zero-order valence-electron chi connectivity index (χ0n) is 9.52. The molecule has 1 N–H and O–H groups in total. The Balaban J connectivity index is 4.61. The smallest absolute Gasteiger partial charge is 0.402 e. The lowest BCUT2D eigenvalue weighted by Gasteiger charge is -2.17. The average Bonchev–Trinajstić information content (AvgIpc) is 2.31. The van der Waals surface area contributed by atoms with E-state index in [9.17, 15) is 35.6 Å². The van der Waals surface area contributed by atoms with Gasteiger partial charge in [0.15, 0.2) is 13.2 Å². The zero-order chi connectivity index (χ0) is 16.2. The number of alkyl halides is 4. The summed E-state index contributed by atoms with van der Waals surface area (Å²) in [5.41, 5.74) is 0. The van der Waals surface area contributed by atoms with Gasteiger partial charge in [0.1, 0.15) is 0 Å². The van der Waals surface area contributed by atoms with E-state index in [2.05, 4.69) is 16.1 Å². The molecule has 0 radical (unpaired) electrons. The molecule has 0 saturated carbocycles. The van der Waals surface area contributed by atoms with Gasteiger partial charge < -0.3 is 9.47 Å². The topological polar surface area (TPSA) is 107 Å². The third-order valence-electron chi connectivity index (χ3n) is 1.61. The fourth-order valence-corrected chi connectivity index (χ4v) is 0.817. The van der Waals surface area contributed by atoms with Crippen LogP contribution in [0.3, 0.4) is 0 Å². The summed E-state index contributed by atoms with van der Waals surface area (Å²) in [7, 11) is -5.93. The van der Waals surface area contributed by atoms with E-state index in [1.807, 2.05) is 0 Å². The van der Waals surface area contributed by atoms with E-state index in [0.29, 0.717) is 6.08 Å². The molecule has 12 heteroatoms. The Morgan fingerprint density at radius 1 is 1.15 bits per heavy atom. The highest BCUT2D eigenvalue weighted by atomic mass is 32.2. The van der Waals surface area contributed by atoms with E-state index in [0.717, 1.165) is 0 Å². The summed E-state index contributed by atoms with van der Waals surface area (Å²) in [6.07, 6.45) is 0.508. The van der Waals surface area contributed by atoms with Crippen LogP contribution in [0.5, 0.6) is 0 Å². The molecular weight excluding hydrogens is 316 g/mol. The Kier molecular flexibility index (Phi) is 5.65. The monoisotopic (exact) mass is 324 g/mol.